The van der Waals surface area contributed by atoms with E-state index in [2.05, 4.69) is 10.3 Å². The van der Waals surface area contributed by atoms with E-state index in [-0.39, 0.29) is 5.97 Å². The Kier molecular flexibility index (Phi) is 4.99. The van der Waals surface area contributed by atoms with Crippen molar-refractivity contribution in [3.8, 4) is 11.5 Å². The van der Waals surface area contributed by atoms with Gasteiger partial charge in [-0.25, -0.2) is 9.78 Å². The minimum absolute atomic E-state index is 0.339. The Hall–Kier alpha value is -2.28. The number of nitrogens with zero attached hydrogens (tertiary/aromatic N) is 1. The van der Waals surface area contributed by atoms with E-state index in [1.54, 1.807) is 27.2 Å². The van der Waals surface area contributed by atoms with Crippen LogP contribution in [0.4, 0.5) is 10.8 Å². The van der Waals surface area contributed by atoms with Gasteiger partial charge in [-0.1, -0.05) is 11.3 Å². The zero-order valence-corrected chi connectivity index (χ0v) is 12.8. The van der Waals surface area contributed by atoms with E-state index in [0.717, 1.165) is 5.69 Å². The number of carbonyl (C=O) groups is 1. The highest BCUT2D eigenvalue weighted by Gasteiger charge is 2.13. The first-order valence-electron chi connectivity index (χ1n) is 6.30. The zero-order chi connectivity index (χ0) is 15.2. The number of esters is 1. The minimum atomic E-state index is -0.371. The highest BCUT2D eigenvalue weighted by molar-refractivity contribution is 7.17. The maximum atomic E-state index is 11.6. The summed E-state index contributed by atoms with van der Waals surface area (Å²) in [5.74, 6) is 0.954. The van der Waals surface area contributed by atoms with Crippen LogP contribution in [0.3, 0.4) is 0 Å². The molecule has 2 rings (SSSR count). The molecule has 0 aliphatic rings. The van der Waals surface area contributed by atoms with Crippen molar-refractivity contribution in [2.45, 2.75) is 6.92 Å². The molecule has 0 bridgehead atoms. The number of benzene rings is 1. The summed E-state index contributed by atoms with van der Waals surface area (Å²) in [6.45, 7) is 2.10. The van der Waals surface area contributed by atoms with Crippen LogP contribution in [-0.2, 0) is 4.74 Å². The Morgan fingerprint density at radius 3 is 2.81 bits per heavy atom. The van der Waals surface area contributed by atoms with Crippen molar-refractivity contribution >= 4 is 28.1 Å². The monoisotopic (exact) mass is 308 g/mol. The molecule has 0 unspecified atom stereocenters. The first-order valence-corrected chi connectivity index (χ1v) is 7.11. The molecule has 0 saturated heterocycles. The number of ether oxygens (including phenoxy) is 3. The van der Waals surface area contributed by atoms with Crippen LogP contribution in [-0.4, -0.2) is 31.8 Å². The summed E-state index contributed by atoms with van der Waals surface area (Å²) in [7, 11) is 3.17. The van der Waals surface area contributed by atoms with Gasteiger partial charge in [-0.2, -0.15) is 0 Å². The van der Waals surface area contributed by atoms with Gasteiger partial charge in [-0.3, -0.25) is 0 Å². The third-order valence-electron chi connectivity index (χ3n) is 2.63. The van der Waals surface area contributed by atoms with Crippen LogP contribution < -0.4 is 14.8 Å². The average Bonchev–Trinajstić information content (AvgIpc) is 2.96. The van der Waals surface area contributed by atoms with Gasteiger partial charge in [0, 0.05) is 6.07 Å². The van der Waals surface area contributed by atoms with E-state index in [1.807, 2.05) is 12.1 Å². The van der Waals surface area contributed by atoms with Crippen LogP contribution in [0, 0.1) is 0 Å². The quantitative estimate of drug-likeness (QED) is 0.827. The Morgan fingerprint density at radius 2 is 2.14 bits per heavy atom. The fourth-order valence-corrected chi connectivity index (χ4v) is 2.37. The number of methoxy groups -OCH3 is 2. The van der Waals surface area contributed by atoms with Crippen LogP contribution in [0.1, 0.15) is 16.6 Å². The topological polar surface area (TPSA) is 69.7 Å². The Morgan fingerprint density at radius 1 is 1.33 bits per heavy atom. The third-order valence-corrected chi connectivity index (χ3v) is 3.53. The van der Waals surface area contributed by atoms with Gasteiger partial charge in [0.2, 0.25) is 0 Å². The van der Waals surface area contributed by atoms with Crippen molar-refractivity contribution in [1.82, 2.24) is 4.98 Å². The number of nitrogens with one attached hydrogen (secondary N) is 1. The Labute approximate surface area is 126 Å². The molecule has 0 amide bonds. The molecule has 1 heterocycles. The molecule has 0 atom stereocenters. The zero-order valence-electron chi connectivity index (χ0n) is 12.0. The fraction of sp³-hybridized carbons (Fsp3) is 0.286. The van der Waals surface area contributed by atoms with Crippen LogP contribution in [0.2, 0.25) is 0 Å². The number of thiazole rings is 1. The van der Waals surface area contributed by atoms with Crippen LogP contribution >= 0.6 is 11.3 Å². The summed E-state index contributed by atoms with van der Waals surface area (Å²) >= 11 is 1.22. The second-order valence-corrected chi connectivity index (χ2v) is 4.97. The van der Waals surface area contributed by atoms with Gasteiger partial charge in [0.1, 0.15) is 16.4 Å². The standard InChI is InChI=1S/C14H16N2O4S/c1-4-20-13(17)12-8-15-14(21-12)16-10-6-5-9(18-2)7-11(10)19-3/h5-8H,4H2,1-3H3,(H,15,16). The molecule has 21 heavy (non-hydrogen) atoms. The van der Waals surface area contributed by atoms with Crippen LogP contribution in [0.5, 0.6) is 11.5 Å². The molecule has 112 valence electrons. The average molecular weight is 308 g/mol. The van der Waals surface area contributed by atoms with Gasteiger partial charge in [0.15, 0.2) is 5.13 Å². The summed E-state index contributed by atoms with van der Waals surface area (Å²) in [4.78, 5) is 16.2. The summed E-state index contributed by atoms with van der Waals surface area (Å²) in [5, 5.41) is 3.70. The second kappa shape index (κ2) is 6.94. The lowest BCUT2D eigenvalue weighted by molar-refractivity contribution is 0.0532. The van der Waals surface area contributed by atoms with Crippen LogP contribution in [0.15, 0.2) is 24.4 Å². The van der Waals surface area contributed by atoms with Crippen molar-refractivity contribution in [2.24, 2.45) is 0 Å². The van der Waals surface area contributed by atoms with E-state index in [1.165, 1.54) is 17.5 Å². The lowest BCUT2D eigenvalue weighted by Gasteiger charge is -2.10. The second-order valence-electron chi connectivity index (χ2n) is 3.94. The number of hydrogen-bond acceptors (Lipinski definition) is 7. The summed E-state index contributed by atoms with van der Waals surface area (Å²) in [6, 6.07) is 5.40. The van der Waals surface area contributed by atoms with Gasteiger partial charge < -0.3 is 19.5 Å². The molecule has 7 heteroatoms. The highest BCUT2D eigenvalue weighted by atomic mass is 32.1. The smallest absolute Gasteiger partial charge is 0.350 e. The van der Waals surface area contributed by atoms with E-state index < -0.39 is 0 Å². The number of anilines is 2. The maximum Gasteiger partial charge on any atom is 0.350 e. The lowest BCUT2D eigenvalue weighted by atomic mass is 10.3. The number of rotatable bonds is 6. The largest absolute Gasteiger partial charge is 0.497 e. The van der Waals surface area contributed by atoms with Gasteiger partial charge >= 0.3 is 5.97 Å². The van der Waals surface area contributed by atoms with E-state index in [4.69, 9.17) is 14.2 Å². The molecule has 1 N–H and O–H groups in total. The van der Waals surface area contributed by atoms with Crippen LogP contribution in [0.25, 0.3) is 0 Å². The van der Waals surface area contributed by atoms with Crippen molar-refractivity contribution in [3.05, 3.63) is 29.3 Å². The Balaban J connectivity index is 2.16. The van der Waals surface area contributed by atoms with E-state index >= 15 is 0 Å². The molecule has 0 spiro atoms. The first-order chi connectivity index (χ1) is 10.2. The molecule has 2 aromatic rings. The first kappa shape index (κ1) is 15.1. The molecule has 0 aliphatic carbocycles. The molecule has 0 aliphatic heterocycles. The van der Waals surface area contributed by atoms with E-state index in [0.29, 0.717) is 28.1 Å². The van der Waals surface area contributed by atoms with Crippen molar-refractivity contribution in [2.75, 3.05) is 26.1 Å². The predicted octanol–water partition coefficient (Wildman–Crippen LogP) is 3.08. The molecule has 1 aromatic heterocycles. The minimum Gasteiger partial charge on any atom is -0.497 e. The van der Waals surface area contributed by atoms with Gasteiger partial charge in [0.05, 0.1) is 32.7 Å². The molecule has 6 nitrogen and oxygen atoms in total. The van der Waals surface area contributed by atoms with Gasteiger partial charge in [-0.05, 0) is 19.1 Å². The fourth-order valence-electron chi connectivity index (χ4n) is 1.65. The molecule has 1 aromatic carbocycles. The number of aromatic nitrogens is 1. The van der Waals surface area contributed by atoms with E-state index in [9.17, 15) is 4.79 Å². The SMILES string of the molecule is CCOC(=O)c1cnc(Nc2ccc(OC)cc2OC)s1. The third kappa shape index (κ3) is 3.63. The van der Waals surface area contributed by atoms with Gasteiger partial charge in [0.25, 0.3) is 0 Å². The number of hydrogen-bond donors (Lipinski definition) is 1. The molecule has 0 radical (unpaired) electrons. The normalized spacial score (nSPS) is 10.0. The molecule has 0 fully saturated rings. The summed E-state index contributed by atoms with van der Waals surface area (Å²) in [5.41, 5.74) is 0.739. The summed E-state index contributed by atoms with van der Waals surface area (Å²) < 4.78 is 15.4. The predicted molar refractivity (Wildman–Crippen MR) is 80.9 cm³/mol. The number of carbonyl (C=O) groups excluding carboxylic acids is 1. The highest BCUT2D eigenvalue weighted by Crippen LogP contribution is 2.32. The molecule has 0 saturated carbocycles. The molecular weight excluding hydrogens is 292 g/mol. The van der Waals surface area contributed by atoms with Crippen molar-refractivity contribution in [3.63, 3.8) is 0 Å². The maximum absolute atomic E-state index is 11.6. The Bertz CT molecular complexity index is 627. The van der Waals surface area contributed by atoms with Crippen molar-refractivity contribution in [1.29, 1.82) is 0 Å². The van der Waals surface area contributed by atoms with Gasteiger partial charge in [-0.15, -0.1) is 0 Å². The van der Waals surface area contributed by atoms with Crippen molar-refractivity contribution < 1.29 is 19.0 Å². The lowest BCUT2D eigenvalue weighted by Crippen LogP contribution is -2.01. The molecular formula is C14H16N2O4S. The summed E-state index contributed by atoms with van der Waals surface area (Å²) in [6.07, 6.45) is 1.49.